The Morgan fingerprint density at radius 3 is 1.13 bits per heavy atom. The summed E-state index contributed by atoms with van der Waals surface area (Å²) in [5, 5.41) is 54.8. The Morgan fingerprint density at radius 1 is 0.447 bits per heavy atom. The van der Waals surface area contributed by atoms with E-state index in [2.05, 4.69) is 43.5 Å². The van der Waals surface area contributed by atoms with Crippen LogP contribution in [0.5, 0.6) is 0 Å². The first-order valence-corrected chi connectivity index (χ1v) is 33.5. The van der Waals surface area contributed by atoms with Crippen LogP contribution in [-0.2, 0) is 14.3 Å². The molecule has 450 valence electrons. The van der Waals surface area contributed by atoms with Gasteiger partial charge < -0.3 is 40.3 Å². The lowest BCUT2D eigenvalue weighted by Gasteiger charge is -2.40. The molecular weight excluding hydrogens is 947 g/mol. The van der Waals surface area contributed by atoms with Crippen molar-refractivity contribution in [1.82, 2.24) is 5.32 Å². The molecule has 9 nitrogen and oxygen atoms in total. The number of rotatable bonds is 59. The highest BCUT2D eigenvalue weighted by molar-refractivity contribution is 5.76. The zero-order valence-electron chi connectivity index (χ0n) is 50.3. The van der Waals surface area contributed by atoms with Crippen LogP contribution >= 0.6 is 0 Å². The molecule has 0 spiro atoms. The zero-order valence-corrected chi connectivity index (χ0v) is 50.3. The summed E-state index contributed by atoms with van der Waals surface area (Å²) in [4.78, 5) is 13.1. The molecular formula is C67H129NO8. The molecule has 9 heteroatoms. The molecule has 0 aromatic rings. The molecule has 7 atom stereocenters. The molecule has 0 bridgehead atoms. The van der Waals surface area contributed by atoms with Gasteiger partial charge >= 0.3 is 0 Å². The van der Waals surface area contributed by atoms with Crippen molar-refractivity contribution < 1.29 is 39.8 Å². The molecule has 1 aliphatic rings. The third kappa shape index (κ3) is 45.4. The Morgan fingerprint density at radius 2 is 0.776 bits per heavy atom. The Labute approximate surface area is 470 Å². The maximum Gasteiger partial charge on any atom is 0.220 e. The third-order valence-corrected chi connectivity index (χ3v) is 16.3. The first-order chi connectivity index (χ1) is 37.3. The number of allylic oxidation sites excluding steroid dienone is 4. The predicted molar refractivity (Wildman–Crippen MR) is 323 cm³/mol. The van der Waals surface area contributed by atoms with Crippen LogP contribution in [0.25, 0.3) is 0 Å². The van der Waals surface area contributed by atoms with Crippen molar-refractivity contribution in [2.24, 2.45) is 0 Å². The number of aliphatic hydroxyl groups is 5. The van der Waals surface area contributed by atoms with Gasteiger partial charge in [0, 0.05) is 6.42 Å². The van der Waals surface area contributed by atoms with Crippen molar-refractivity contribution in [3.63, 3.8) is 0 Å². The zero-order chi connectivity index (χ0) is 55.0. The van der Waals surface area contributed by atoms with Crippen molar-refractivity contribution in [3.8, 4) is 0 Å². The molecule has 0 aromatic carbocycles. The second-order valence-corrected chi connectivity index (χ2v) is 23.6. The summed E-state index contributed by atoms with van der Waals surface area (Å²) in [5.41, 5.74) is 0. The summed E-state index contributed by atoms with van der Waals surface area (Å²) >= 11 is 0. The van der Waals surface area contributed by atoms with E-state index in [0.29, 0.717) is 12.8 Å². The topological polar surface area (TPSA) is 149 Å². The van der Waals surface area contributed by atoms with Crippen LogP contribution in [0.15, 0.2) is 24.3 Å². The SMILES string of the molecule is CCCCCCCCCCCCCCC/C=C\C/C=C\CCCCCCCCCCCCCCCCCCCC(=O)NC(COC1OC(CO)C(O)C(O)C1O)C(O)CCCCCCCCCCCCCCCCCC. The fraction of sp³-hybridized carbons (Fsp3) is 0.925. The molecule has 1 fully saturated rings. The van der Waals surface area contributed by atoms with Crippen LogP contribution in [0.2, 0.25) is 0 Å². The van der Waals surface area contributed by atoms with E-state index in [4.69, 9.17) is 9.47 Å². The number of carbonyl (C=O) groups is 1. The normalized spacial score (nSPS) is 18.9. The number of amides is 1. The van der Waals surface area contributed by atoms with Gasteiger partial charge in [-0.15, -0.1) is 0 Å². The van der Waals surface area contributed by atoms with Crippen molar-refractivity contribution >= 4 is 5.91 Å². The average molecular weight is 1080 g/mol. The molecule has 0 saturated carbocycles. The number of ether oxygens (including phenoxy) is 2. The van der Waals surface area contributed by atoms with Gasteiger partial charge in [0.15, 0.2) is 6.29 Å². The number of carbonyl (C=O) groups excluding carboxylic acids is 1. The van der Waals surface area contributed by atoms with E-state index in [9.17, 15) is 30.3 Å². The van der Waals surface area contributed by atoms with Gasteiger partial charge in [0.2, 0.25) is 5.91 Å². The quantitative estimate of drug-likeness (QED) is 0.0261. The maximum atomic E-state index is 13.1. The predicted octanol–water partition coefficient (Wildman–Crippen LogP) is 17.7. The van der Waals surface area contributed by atoms with E-state index >= 15 is 0 Å². The molecule has 0 aromatic heterocycles. The minimum absolute atomic E-state index is 0.134. The lowest BCUT2D eigenvalue weighted by atomic mass is 9.99. The van der Waals surface area contributed by atoms with E-state index in [1.807, 2.05) is 0 Å². The van der Waals surface area contributed by atoms with Gasteiger partial charge in [-0.05, 0) is 44.9 Å². The molecule has 1 rings (SSSR count). The molecule has 7 unspecified atom stereocenters. The maximum absolute atomic E-state index is 13.1. The van der Waals surface area contributed by atoms with E-state index in [0.717, 1.165) is 44.9 Å². The molecule has 0 aliphatic carbocycles. The molecule has 1 aliphatic heterocycles. The summed E-state index contributed by atoms with van der Waals surface area (Å²) in [6.45, 7) is 3.88. The fourth-order valence-corrected chi connectivity index (χ4v) is 11.0. The highest BCUT2D eigenvalue weighted by Gasteiger charge is 2.44. The number of nitrogens with one attached hydrogen (secondary N) is 1. The van der Waals surface area contributed by atoms with Crippen molar-refractivity contribution in [2.45, 2.75) is 384 Å². The fourth-order valence-electron chi connectivity index (χ4n) is 11.0. The molecule has 76 heavy (non-hydrogen) atoms. The molecule has 1 saturated heterocycles. The minimum Gasteiger partial charge on any atom is -0.394 e. The first-order valence-electron chi connectivity index (χ1n) is 33.5. The summed E-state index contributed by atoms with van der Waals surface area (Å²) in [6.07, 6.45) is 66.8. The van der Waals surface area contributed by atoms with E-state index in [1.54, 1.807) is 0 Å². The van der Waals surface area contributed by atoms with Gasteiger partial charge in [0.1, 0.15) is 24.4 Å². The Kier molecular flexibility index (Phi) is 54.4. The summed E-state index contributed by atoms with van der Waals surface area (Å²) in [5.74, 6) is -0.138. The summed E-state index contributed by atoms with van der Waals surface area (Å²) < 4.78 is 11.3. The van der Waals surface area contributed by atoms with Crippen LogP contribution in [0, 0.1) is 0 Å². The third-order valence-electron chi connectivity index (χ3n) is 16.3. The number of hydrogen-bond acceptors (Lipinski definition) is 8. The van der Waals surface area contributed by atoms with Crippen molar-refractivity contribution in [1.29, 1.82) is 0 Å². The second kappa shape index (κ2) is 56.9. The standard InChI is InChI=1S/C67H129NO8/c1-3-5-7-9-11-13-15-17-19-21-22-23-24-25-26-27-28-29-30-31-32-33-34-35-36-37-38-39-40-41-43-45-47-49-51-53-55-57-63(71)68-60(59-75-67-66(74)65(73)64(72)62(58-69)76-67)61(70)56-54-52-50-48-46-44-42-20-18-16-14-12-10-8-6-4-2/h26-27,29-30,60-62,64-67,69-70,72-74H,3-25,28,31-59H2,1-2H3,(H,68,71)/b27-26-,30-29-. The lowest BCUT2D eigenvalue weighted by molar-refractivity contribution is -0.302. The van der Waals surface area contributed by atoms with Gasteiger partial charge in [-0.3, -0.25) is 4.79 Å². The Hall–Kier alpha value is -1.33. The Bertz CT molecular complexity index is 1250. The Balaban J connectivity index is 2.06. The first kappa shape index (κ1) is 72.7. The molecule has 0 radical (unpaired) electrons. The number of hydrogen-bond donors (Lipinski definition) is 6. The van der Waals surface area contributed by atoms with E-state index in [-0.39, 0.29) is 12.5 Å². The van der Waals surface area contributed by atoms with Gasteiger partial charge in [-0.2, -0.15) is 0 Å². The largest absolute Gasteiger partial charge is 0.394 e. The number of unbranched alkanes of at least 4 members (excludes halogenated alkanes) is 45. The van der Waals surface area contributed by atoms with Gasteiger partial charge in [0.25, 0.3) is 0 Å². The van der Waals surface area contributed by atoms with Gasteiger partial charge in [-0.1, -0.05) is 314 Å². The summed E-state index contributed by atoms with van der Waals surface area (Å²) in [7, 11) is 0. The minimum atomic E-state index is -1.55. The van der Waals surface area contributed by atoms with Crippen molar-refractivity contribution in [3.05, 3.63) is 24.3 Å². The second-order valence-electron chi connectivity index (χ2n) is 23.6. The van der Waals surface area contributed by atoms with Crippen LogP contribution in [0.1, 0.15) is 341 Å². The molecule has 6 N–H and O–H groups in total. The smallest absolute Gasteiger partial charge is 0.220 e. The highest BCUT2D eigenvalue weighted by Crippen LogP contribution is 2.24. The molecule has 1 amide bonds. The van der Waals surface area contributed by atoms with E-state index < -0.39 is 49.5 Å². The lowest BCUT2D eigenvalue weighted by Crippen LogP contribution is -2.60. The van der Waals surface area contributed by atoms with Crippen LogP contribution < -0.4 is 5.32 Å². The van der Waals surface area contributed by atoms with E-state index in [1.165, 1.54) is 270 Å². The summed E-state index contributed by atoms with van der Waals surface area (Å²) in [6, 6.07) is -0.717. The van der Waals surface area contributed by atoms with Gasteiger partial charge in [0.05, 0.1) is 25.4 Å². The monoisotopic (exact) mass is 1080 g/mol. The van der Waals surface area contributed by atoms with Crippen LogP contribution in [0.3, 0.4) is 0 Å². The number of aliphatic hydroxyl groups excluding tert-OH is 5. The van der Waals surface area contributed by atoms with Crippen molar-refractivity contribution in [2.75, 3.05) is 13.2 Å². The van der Waals surface area contributed by atoms with Crippen LogP contribution in [-0.4, -0.2) is 87.5 Å². The average Bonchev–Trinajstić information content (AvgIpc) is 3.42. The highest BCUT2D eigenvalue weighted by atomic mass is 16.7. The molecule has 1 heterocycles. The van der Waals surface area contributed by atoms with Crippen LogP contribution in [0.4, 0.5) is 0 Å². The van der Waals surface area contributed by atoms with Gasteiger partial charge in [-0.25, -0.2) is 0 Å².